The molecule has 0 amide bonds. The van der Waals surface area contributed by atoms with Gasteiger partial charge in [-0.25, -0.2) is 0 Å². The highest BCUT2D eigenvalue weighted by atomic mass is 15.1. The number of benzene rings is 1. The topological polar surface area (TPSA) is 29.3 Å². The summed E-state index contributed by atoms with van der Waals surface area (Å²) in [5.74, 6) is 0.771. The molecule has 2 nitrogen and oxygen atoms in total. The highest BCUT2D eigenvalue weighted by molar-refractivity contribution is 5.31. The predicted molar refractivity (Wildman–Crippen MR) is 75.6 cm³/mol. The zero-order chi connectivity index (χ0) is 12.4. The summed E-state index contributed by atoms with van der Waals surface area (Å²) >= 11 is 0. The van der Waals surface area contributed by atoms with Crippen molar-refractivity contribution in [3.05, 3.63) is 35.9 Å². The van der Waals surface area contributed by atoms with Crippen molar-refractivity contribution in [2.45, 2.75) is 31.1 Å². The summed E-state index contributed by atoms with van der Waals surface area (Å²) in [6.45, 7) is 4.62. The Kier molecular flexibility index (Phi) is 3.40. The van der Waals surface area contributed by atoms with Crippen LogP contribution < -0.4 is 5.73 Å². The summed E-state index contributed by atoms with van der Waals surface area (Å²) in [5, 5.41) is 0. The molecule has 0 radical (unpaired) electrons. The van der Waals surface area contributed by atoms with Crippen LogP contribution in [-0.4, -0.2) is 31.1 Å². The lowest BCUT2D eigenvalue weighted by Crippen LogP contribution is -2.40. The van der Waals surface area contributed by atoms with Gasteiger partial charge in [0, 0.05) is 12.0 Å². The monoisotopic (exact) mass is 244 g/mol. The largest absolute Gasteiger partial charge is 0.330 e. The minimum Gasteiger partial charge on any atom is -0.330 e. The summed E-state index contributed by atoms with van der Waals surface area (Å²) in [6.07, 6.45) is 5.32. The molecular formula is C16H24N2. The quantitative estimate of drug-likeness (QED) is 0.881. The van der Waals surface area contributed by atoms with Gasteiger partial charge in [0.25, 0.3) is 0 Å². The normalized spacial score (nSPS) is 24.1. The Morgan fingerprint density at radius 3 is 2.33 bits per heavy atom. The predicted octanol–water partition coefficient (Wildman–Crippen LogP) is 2.39. The first kappa shape index (κ1) is 12.2. The first-order valence-corrected chi connectivity index (χ1v) is 7.30. The number of hydrogen-bond acceptors (Lipinski definition) is 2. The van der Waals surface area contributed by atoms with E-state index in [0.717, 1.165) is 12.5 Å². The SMILES string of the molecule is NCC1CCN(CC2(c3ccccc3)CC2)CC1. The van der Waals surface area contributed by atoms with E-state index in [1.165, 1.54) is 45.3 Å². The van der Waals surface area contributed by atoms with E-state index in [0.29, 0.717) is 5.41 Å². The third-order valence-electron chi connectivity index (χ3n) is 4.81. The number of hydrogen-bond donors (Lipinski definition) is 1. The number of nitrogens with zero attached hydrogens (tertiary/aromatic N) is 1. The number of likely N-dealkylation sites (tertiary alicyclic amines) is 1. The minimum atomic E-state index is 0.483. The zero-order valence-electron chi connectivity index (χ0n) is 11.1. The van der Waals surface area contributed by atoms with Crippen LogP contribution in [0.15, 0.2) is 30.3 Å². The van der Waals surface area contributed by atoms with Crippen LogP contribution in [0.1, 0.15) is 31.2 Å². The molecule has 3 rings (SSSR count). The molecule has 0 bridgehead atoms. The molecule has 1 saturated carbocycles. The maximum Gasteiger partial charge on any atom is 0.00809 e. The number of nitrogens with two attached hydrogens (primary N) is 1. The maximum atomic E-state index is 5.76. The number of piperidine rings is 1. The van der Waals surface area contributed by atoms with Gasteiger partial charge in [0.1, 0.15) is 0 Å². The molecule has 1 aliphatic heterocycles. The summed E-state index contributed by atoms with van der Waals surface area (Å²) in [5.41, 5.74) is 7.79. The van der Waals surface area contributed by atoms with Crippen molar-refractivity contribution in [1.82, 2.24) is 4.90 Å². The molecule has 0 unspecified atom stereocenters. The van der Waals surface area contributed by atoms with E-state index >= 15 is 0 Å². The van der Waals surface area contributed by atoms with E-state index in [2.05, 4.69) is 35.2 Å². The fourth-order valence-electron chi connectivity index (χ4n) is 3.29. The molecular weight excluding hydrogens is 220 g/mol. The molecule has 2 heteroatoms. The van der Waals surface area contributed by atoms with Crippen molar-refractivity contribution in [1.29, 1.82) is 0 Å². The molecule has 1 aromatic rings. The van der Waals surface area contributed by atoms with E-state index < -0.39 is 0 Å². The van der Waals surface area contributed by atoms with Crippen LogP contribution in [0, 0.1) is 5.92 Å². The van der Waals surface area contributed by atoms with Crippen LogP contribution in [-0.2, 0) is 5.41 Å². The van der Waals surface area contributed by atoms with Gasteiger partial charge in [-0.15, -0.1) is 0 Å². The first-order chi connectivity index (χ1) is 8.82. The van der Waals surface area contributed by atoms with Crippen LogP contribution in [0.2, 0.25) is 0 Å². The van der Waals surface area contributed by atoms with Gasteiger partial charge in [0.2, 0.25) is 0 Å². The highest BCUT2D eigenvalue weighted by Crippen LogP contribution is 2.48. The van der Waals surface area contributed by atoms with Gasteiger partial charge in [0.15, 0.2) is 0 Å². The lowest BCUT2D eigenvalue weighted by molar-refractivity contribution is 0.173. The maximum absolute atomic E-state index is 5.76. The van der Waals surface area contributed by atoms with Crippen molar-refractivity contribution >= 4 is 0 Å². The third-order valence-corrected chi connectivity index (χ3v) is 4.81. The summed E-state index contributed by atoms with van der Waals surface area (Å²) in [7, 11) is 0. The summed E-state index contributed by atoms with van der Waals surface area (Å²) in [6, 6.07) is 11.1. The second-order valence-corrected chi connectivity index (χ2v) is 6.10. The van der Waals surface area contributed by atoms with E-state index in [9.17, 15) is 0 Å². The Labute approximate surface area is 110 Å². The zero-order valence-corrected chi connectivity index (χ0v) is 11.1. The Balaban J connectivity index is 1.60. The fraction of sp³-hybridized carbons (Fsp3) is 0.625. The molecule has 0 spiro atoms. The van der Waals surface area contributed by atoms with Gasteiger partial charge in [-0.3, -0.25) is 0 Å². The Bertz CT molecular complexity index is 375. The van der Waals surface area contributed by atoms with E-state index in [4.69, 9.17) is 5.73 Å². The summed E-state index contributed by atoms with van der Waals surface area (Å²) in [4.78, 5) is 2.66. The van der Waals surface area contributed by atoms with Gasteiger partial charge in [-0.2, -0.15) is 0 Å². The van der Waals surface area contributed by atoms with Crippen molar-refractivity contribution in [3.63, 3.8) is 0 Å². The number of rotatable bonds is 4. The lowest BCUT2D eigenvalue weighted by atomic mass is 9.92. The highest BCUT2D eigenvalue weighted by Gasteiger charge is 2.45. The van der Waals surface area contributed by atoms with E-state index in [1.807, 2.05) is 0 Å². The lowest BCUT2D eigenvalue weighted by Gasteiger charge is -2.34. The van der Waals surface area contributed by atoms with Gasteiger partial charge in [-0.05, 0) is 56.8 Å². The second kappa shape index (κ2) is 5.02. The third kappa shape index (κ3) is 2.45. The summed E-state index contributed by atoms with van der Waals surface area (Å²) < 4.78 is 0. The molecule has 98 valence electrons. The van der Waals surface area contributed by atoms with Crippen molar-refractivity contribution in [2.24, 2.45) is 11.7 Å². The molecule has 0 atom stereocenters. The van der Waals surface area contributed by atoms with E-state index in [-0.39, 0.29) is 0 Å². The van der Waals surface area contributed by atoms with Gasteiger partial charge < -0.3 is 10.6 Å². The molecule has 1 saturated heterocycles. The Morgan fingerprint density at radius 1 is 1.11 bits per heavy atom. The molecule has 2 N–H and O–H groups in total. The second-order valence-electron chi connectivity index (χ2n) is 6.10. The van der Waals surface area contributed by atoms with Crippen molar-refractivity contribution in [2.75, 3.05) is 26.2 Å². The van der Waals surface area contributed by atoms with Crippen molar-refractivity contribution in [3.8, 4) is 0 Å². The molecule has 1 aromatic carbocycles. The smallest absolute Gasteiger partial charge is 0.00809 e. The molecule has 18 heavy (non-hydrogen) atoms. The Morgan fingerprint density at radius 2 is 1.78 bits per heavy atom. The standard InChI is InChI=1S/C16H24N2/c17-12-14-6-10-18(11-7-14)13-16(8-9-16)15-4-2-1-3-5-15/h1-5,14H,6-13,17H2. The Hall–Kier alpha value is -0.860. The van der Waals surface area contributed by atoms with Crippen LogP contribution in [0.3, 0.4) is 0 Å². The fourth-order valence-corrected chi connectivity index (χ4v) is 3.29. The van der Waals surface area contributed by atoms with Crippen LogP contribution >= 0.6 is 0 Å². The average molecular weight is 244 g/mol. The molecule has 1 aliphatic carbocycles. The van der Waals surface area contributed by atoms with Gasteiger partial charge in [-0.1, -0.05) is 30.3 Å². The molecule has 2 aliphatic rings. The van der Waals surface area contributed by atoms with Crippen LogP contribution in [0.25, 0.3) is 0 Å². The van der Waals surface area contributed by atoms with Gasteiger partial charge in [0.05, 0.1) is 0 Å². The van der Waals surface area contributed by atoms with Crippen LogP contribution in [0.5, 0.6) is 0 Å². The molecule has 2 fully saturated rings. The first-order valence-electron chi connectivity index (χ1n) is 7.30. The minimum absolute atomic E-state index is 0.483. The average Bonchev–Trinajstić information content (AvgIpc) is 3.22. The molecule has 0 aromatic heterocycles. The van der Waals surface area contributed by atoms with Crippen molar-refractivity contribution < 1.29 is 0 Å². The van der Waals surface area contributed by atoms with Crippen LogP contribution in [0.4, 0.5) is 0 Å². The van der Waals surface area contributed by atoms with E-state index in [1.54, 1.807) is 5.56 Å². The molecule has 1 heterocycles. The van der Waals surface area contributed by atoms with Gasteiger partial charge >= 0.3 is 0 Å².